The highest BCUT2D eigenvalue weighted by atomic mass is 16.7. The molecule has 11 nitrogen and oxygen atoms in total. The molecule has 11 atom stereocenters. The molecule has 2 heterocycles. The number of hydrogen-bond acceptors (Lipinski definition) is 11. The minimum Gasteiger partial charge on any atom is -0.462 e. The number of aliphatic hydroxyl groups is 2. The summed E-state index contributed by atoms with van der Waals surface area (Å²) in [5, 5.41) is 23.0. The largest absolute Gasteiger partial charge is 0.462 e. The predicted molar refractivity (Wildman–Crippen MR) is 125 cm³/mol. The van der Waals surface area contributed by atoms with Crippen LogP contribution in [-0.2, 0) is 42.9 Å². The van der Waals surface area contributed by atoms with Crippen LogP contribution in [-0.4, -0.2) is 81.9 Å². The first-order chi connectivity index (χ1) is 17.1. The molecule has 11 heteroatoms. The first-order valence-corrected chi connectivity index (χ1v) is 12.6. The van der Waals surface area contributed by atoms with Gasteiger partial charge in [0.1, 0.15) is 24.4 Å². The van der Waals surface area contributed by atoms with Crippen molar-refractivity contribution in [3.05, 3.63) is 11.6 Å². The van der Waals surface area contributed by atoms with E-state index >= 15 is 0 Å². The van der Waals surface area contributed by atoms with Gasteiger partial charge in [0.25, 0.3) is 0 Å². The van der Waals surface area contributed by atoms with Gasteiger partial charge in [-0.15, -0.1) is 0 Å². The summed E-state index contributed by atoms with van der Waals surface area (Å²) < 4.78 is 28.9. The maximum Gasteiger partial charge on any atom is 0.342 e. The fraction of sp³-hybridized carbons (Fsp3) is 0.769. The smallest absolute Gasteiger partial charge is 0.342 e. The monoisotopic (exact) mass is 524 g/mol. The SMILES string of the molecule is CC(=O)O[C@H]1C/C(C)=C\[C@@H]2OC(=O)[C@@]3(C)O[C@]23[C@H](OC(C)=O)[C@H]2[C@@H](C)[C@@H](O)C[C@H](OC(C)=O)[C@]2(C)[C@H]1O. The summed E-state index contributed by atoms with van der Waals surface area (Å²) in [7, 11) is 0. The van der Waals surface area contributed by atoms with Crippen molar-refractivity contribution in [1.82, 2.24) is 0 Å². The zero-order valence-electron chi connectivity index (χ0n) is 22.2. The van der Waals surface area contributed by atoms with Crippen LogP contribution in [0.4, 0.5) is 0 Å². The lowest BCUT2D eigenvalue weighted by Gasteiger charge is -2.56. The Labute approximate surface area is 215 Å². The Bertz CT molecular complexity index is 1040. The van der Waals surface area contributed by atoms with Crippen LogP contribution in [0.1, 0.15) is 61.3 Å². The summed E-state index contributed by atoms with van der Waals surface area (Å²) in [5.41, 5.74) is -3.66. The Balaban J connectivity index is 2.00. The number of epoxide rings is 1. The fourth-order valence-corrected chi connectivity index (χ4v) is 6.96. The van der Waals surface area contributed by atoms with Crippen LogP contribution in [0.5, 0.6) is 0 Å². The molecule has 37 heavy (non-hydrogen) atoms. The molecule has 2 aliphatic carbocycles. The van der Waals surface area contributed by atoms with E-state index in [9.17, 15) is 29.4 Å². The lowest BCUT2D eigenvalue weighted by atomic mass is 9.53. The van der Waals surface area contributed by atoms with Gasteiger partial charge >= 0.3 is 23.9 Å². The first kappa shape index (κ1) is 27.5. The molecule has 2 saturated heterocycles. The summed E-state index contributed by atoms with van der Waals surface area (Å²) in [6.45, 7) is 10.3. The van der Waals surface area contributed by atoms with E-state index in [1.54, 1.807) is 33.8 Å². The van der Waals surface area contributed by atoms with Crippen molar-refractivity contribution in [3.63, 3.8) is 0 Å². The van der Waals surface area contributed by atoms with Gasteiger partial charge in [0, 0.05) is 44.9 Å². The van der Waals surface area contributed by atoms with Gasteiger partial charge in [0.15, 0.2) is 17.3 Å². The molecular weight excluding hydrogens is 488 g/mol. The Morgan fingerprint density at radius 1 is 1.03 bits per heavy atom. The van der Waals surface area contributed by atoms with Gasteiger partial charge in [-0.2, -0.15) is 0 Å². The molecule has 0 bridgehead atoms. The van der Waals surface area contributed by atoms with Crippen molar-refractivity contribution < 1.29 is 53.1 Å². The third-order valence-corrected chi connectivity index (χ3v) is 8.78. The number of esters is 4. The number of fused-ring (bicyclic) bond motifs is 1. The zero-order valence-corrected chi connectivity index (χ0v) is 22.2. The summed E-state index contributed by atoms with van der Waals surface area (Å²) in [4.78, 5) is 49.6. The highest BCUT2D eigenvalue weighted by molar-refractivity contribution is 5.89. The average molecular weight is 525 g/mol. The Hall–Kier alpha value is -2.50. The van der Waals surface area contributed by atoms with Gasteiger partial charge in [-0.3, -0.25) is 14.4 Å². The Kier molecular flexibility index (Phi) is 6.74. The van der Waals surface area contributed by atoms with Crippen LogP contribution in [0.2, 0.25) is 0 Å². The molecule has 0 aromatic rings. The van der Waals surface area contributed by atoms with Crippen LogP contribution >= 0.6 is 0 Å². The average Bonchev–Trinajstić information content (AvgIpc) is 3.36. The van der Waals surface area contributed by atoms with Crippen molar-refractivity contribution >= 4 is 23.9 Å². The molecule has 3 fully saturated rings. The molecule has 2 N–H and O–H groups in total. The highest BCUT2D eigenvalue weighted by Crippen LogP contribution is 2.65. The van der Waals surface area contributed by atoms with Crippen LogP contribution in [0.15, 0.2) is 11.6 Å². The van der Waals surface area contributed by atoms with Gasteiger partial charge < -0.3 is 33.9 Å². The van der Waals surface area contributed by atoms with Gasteiger partial charge in [0.2, 0.25) is 0 Å². The summed E-state index contributed by atoms with van der Waals surface area (Å²) in [5.74, 6) is -4.10. The molecule has 0 aromatic carbocycles. The maximum absolute atomic E-state index is 12.9. The standard InChI is InChI=1S/C26H36O11/c1-11-8-17(33-13(3)27)21(31)24(6)18(34-14(4)28)10-16(30)12(2)20(24)22(35-15(5)29)26-19(9-11)36-23(32)25(26,7)37-26/h9,12,16-22,30-31H,8,10H2,1-7H3/b11-9-/t12-,16-,17-,18-,19-,20+,21-,22+,24-,25+,26-/m0/s1. The molecule has 0 radical (unpaired) electrons. The van der Waals surface area contributed by atoms with Crippen molar-refractivity contribution in [2.75, 3.05) is 0 Å². The molecule has 1 spiro atoms. The Morgan fingerprint density at radius 2 is 1.62 bits per heavy atom. The lowest BCUT2D eigenvalue weighted by molar-refractivity contribution is -0.239. The number of carbonyl (C=O) groups excluding carboxylic acids is 4. The summed E-state index contributed by atoms with van der Waals surface area (Å²) in [6.07, 6.45) is -4.97. The zero-order chi connectivity index (χ0) is 27.7. The van der Waals surface area contributed by atoms with E-state index < -0.39 is 89.0 Å². The van der Waals surface area contributed by atoms with Gasteiger partial charge in [0.05, 0.1) is 6.10 Å². The number of rotatable bonds is 3. The van der Waals surface area contributed by atoms with E-state index in [-0.39, 0.29) is 12.8 Å². The highest BCUT2D eigenvalue weighted by Gasteiger charge is 2.87. The second-order valence-corrected chi connectivity index (χ2v) is 11.2. The van der Waals surface area contributed by atoms with Crippen LogP contribution < -0.4 is 0 Å². The fourth-order valence-electron chi connectivity index (χ4n) is 6.96. The van der Waals surface area contributed by atoms with Crippen molar-refractivity contribution in [2.24, 2.45) is 17.3 Å². The molecule has 206 valence electrons. The van der Waals surface area contributed by atoms with Crippen molar-refractivity contribution in [1.29, 1.82) is 0 Å². The normalized spacial score (nSPS) is 48.1. The minimum atomic E-state index is -1.44. The van der Waals surface area contributed by atoms with Crippen molar-refractivity contribution in [3.8, 4) is 0 Å². The van der Waals surface area contributed by atoms with Gasteiger partial charge in [-0.05, 0) is 25.8 Å². The van der Waals surface area contributed by atoms with E-state index in [1.165, 1.54) is 20.8 Å². The maximum atomic E-state index is 12.9. The Morgan fingerprint density at radius 3 is 2.16 bits per heavy atom. The number of hydrogen-bond donors (Lipinski definition) is 2. The molecule has 0 amide bonds. The molecule has 0 unspecified atom stereocenters. The third-order valence-electron chi connectivity index (χ3n) is 8.78. The number of aliphatic hydroxyl groups excluding tert-OH is 2. The number of carbonyl (C=O) groups is 4. The molecule has 4 rings (SSSR count). The van der Waals surface area contributed by atoms with Crippen LogP contribution in [0.25, 0.3) is 0 Å². The van der Waals surface area contributed by atoms with E-state index in [1.807, 2.05) is 0 Å². The number of ether oxygens (including phenoxy) is 5. The summed E-state index contributed by atoms with van der Waals surface area (Å²) >= 11 is 0. The van der Waals surface area contributed by atoms with E-state index in [4.69, 9.17) is 23.7 Å². The quantitative estimate of drug-likeness (QED) is 0.234. The van der Waals surface area contributed by atoms with Gasteiger partial charge in [-0.1, -0.05) is 19.4 Å². The second kappa shape index (κ2) is 9.06. The topological polar surface area (TPSA) is 158 Å². The third kappa shape index (κ3) is 4.06. The van der Waals surface area contributed by atoms with Gasteiger partial charge in [-0.25, -0.2) is 4.79 Å². The molecule has 4 aliphatic rings. The van der Waals surface area contributed by atoms with E-state index in [2.05, 4.69) is 0 Å². The first-order valence-electron chi connectivity index (χ1n) is 12.6. The summed E-state index contributed by atoms with van der Waals surface area (Å²) in [6, 6.07) is 0. The second-order valence-electron chi connectivity index (χ2n) is 11.2. The molecular formula is C26H36O11. The lowest BCUT2D eigenvalue weighted by Crippen LogP contribution is -2.67. The minimum absolute atomic E-state index is 0.0107. The van der Waals surface area contributed by atoms with E-state index in [0.29, 0.717) is 5.57 Å². The molecule has 2 aliphatic heterocycles. The predicted octanol–water partition coefficient (Wildman–Crippen LogP) is 0.969. The molecule has 1 saturated carbocycles. The van der Waals surface area contributed by atoms with Crippen LogP contribution in [0.3, 0.4) is 0 Å². The molecule has 0 aromatic heterocycles. The van der Waals surface area contributed by atoms with Crippen LogP contribution in [0, 0.1) is 17.3 Å². The van der Waals surface area contributed by atoms with Crippen molar-refractivity contribution in [2.45, 2.75) is 109 Å². The van der Waals surface area contributed by atoms with E-state index in [0.717, 1.165) is 0 Å².